The van der Waals surface area contributed by atoms with Gasteiger partial charge in [-0.3, -0.25) is 14.4 Å². The molecule has 0 bridgehead atoms. The third-order valence-electron chi connectivity index (χ3n) is 12.0. The molecule has 0 aliphatic rings. The minimum Gasteiger partial charge on any atom is -0.462 e. The lowest BCUT2D eigenvalue weighted by Gasteiger charge is -2.18. The first-order valence-electron chi connectivity index (χ1n) is 26.2. The highest BCUT2D eigenvalue weighted by atomic mass is 16.6. The van der Waals surface area contributed by atoms with Crippen molar-refractivity contribution in [2.45, 2.75) is 298 Å². The van der Waals surface area contributed by atoms with Crippen molar-refractivity contribution in [3.63, 3.8) is 0 Å². The predicted molar refractivity (Wildman–Crippen MR) is 252 cm³/mol. The summed E-state index contributed by atoms with van der Waals surface area (Å²) in [6, 6.07) is 0. The maximum Gasteiger partial charge on any atom is 0.306 e. The van der Waals surface area contributed by atoms with Crippen LogP contribution in [0.15, 0.2) is 0 Å². The van der Waals surface area contributed by atoms with Gasteiger partial charge in [-0.2, -0.15) is 0 Å². The lowest BCUT2D eigenvalue weighted by molar-refractivity contribution is -0.167. The van der Waals surface area contributed by atoms with Crippen LogP contribution in [0.25, 0.3) is 0 Å². The van der Waals surface area contributed by atoms with Crippen molar-refractivity contribution in [3.8, 4) is 0 Å². The number of hydrogen-bond acceptors (Lipinski definition) is 6. The zero-order valence-electron chi connectivity index (χ0n) is 40.4. The fourth-order valence-electron chi connectivity index (χ4n) is 7.99. The lowest BCUT2D eigenvalue weighted by Crippen LogP contribution is -2.30. The standard InChI is InChI=1S/C53H102O6/c1-6-7-8-9-10-11-12-18-23-28-33-38-43-51(54)57-46-50(59-53(56)45-40-35-30-25-20-22-27-32-37-42-49(4)5)47-58-52(55)44-39-34-29-24-19-16-14-13-15-17-21-26-31-36-41-48(2)3/h48-50H,6-47H2,1-5H3/t50-/m1/s1. The van der Waals surface area contributed by atoms with Gasteiger partial charge < -0.3 is 14.2 Å². The van der Waals surface area contributed by atoms with Gasteiger partial charge in [-0.1, -0.05) is 253 Å². The molecule has 0 aliphatic heterocycles. The molecule has 0 aromatic carbocycles. The normalized spacial score (nSPS) is 12.1. The van der Waals surface area contributed by atoms with Crippen LogP contribution in [0.2, 0.25) is 0 Å². The fourth-order valence-corrected chi connectivity index (χ4v) is 7.99. The second-order valence-corrected chi connectivity index (χ2v) is 19.1. The van der Waals surface area contributed by atoms with Crippen molar-refractivity contribution in [1.82, 2.24) is 0 Å². The summed E-state index contributed by atoms with van der Waals surface area (Å²) in [5.41, 5.74) is 0. The first-order chi connectivity index (χ1) is 28.7. The van der Waals surface area contributed by atoms with Gasteiger partial charge >= 0.3 is 17.9 Å². The molecule has 0 unspecified atom stereocenters. The van der Waals surface area contributed by atoms with E-state index in [1.54, 1.807) is 0 Å². The first kappa shape index (κ1) is 57.4. The van der Waals surface area contributed by atoms with Gasteiger partial charge in [0.15, 0.2) is 6.10 Å². The summed E-state index contributed by atoms with van der Waals surface area (Å²) >= 11 is 0. The lowest BCUT2D eigenvalue weighted by atomic mass is 10.0. The molecule has 350 valence electrons. The molecule has 0 amide bonds. The highest BCUT2D eigenvalue weighted by Gasteiger charge is 2.19. The van der Waals surface area contributed by atoms with E-state index >= 15 is 0 Å². The van der Waals surface area contributed by atoms with E-state index in [1.807, 2.05) is 0 Å². The SMILES string of the molecule is CCCCCCCCCCCCCCC(=O)OC[C@H](COC(=O)CCCCCCCCCCCCCCCCC(C)C)OC(=O)CCCCCCCCCCCC(C)C. The first-order valence-corrected chi connectivity index (χ1v) is 26.2. The van der Waals surface area contributed by atoms with Gasteiger partial charge in [-0.25, -0.2) is 0 Å². The summed E-state index contributed by atoms with van der Waals surface area (Å²) in [5.74, 6) is 0.803. The summed E-state index contributed by atoms with van der Waals surface area (Å²) < 4.78 is 16.8. The molecule has 0 heterocycles. The maximum atomic E-state index is 12.8. The van der Waals surface area contributed by atoms with E-state index in [-0.39, 0.29) is 31.1 Å². The number of hydrogen-bond donors (Lipinski definition) is 0. The van der Waals surface area contributed by atoms with E-state index in [1.165, 1.54) is 180 Å². The molecule has 59 heavy (non-hydrogen) atoms. The minimum absolute atomic E-state index is 0.0637. The van der Waals surface area contributed by atoms with Crippen molar-refractivity contribution in [2.24, 2.45) is 11.8 Å². The van der Waals surface area contributed by atoms with Crippen LogP contribution in [0.1, 0.15) is 291 Å². The minimum atomic E-state index is -0.761. The third-order valence-corrected chi connectivity index (χ3v) is 12.0. The Morgan fingerprint density at radius 3 is 0.831 bits per heavy atom. The highest BCUT2D eigenvalue weighted by Crippen LogP contribution is 2.17. The Hall–Kier alpha value is -1.59. The Morgan fingerprint density at radius 1 is 0.322 bits per heavy atom. The Kier molecular flexibility index (Phi) is 44.7. The van der Waals surface area contributed by atoms with Gasteiger partial charge in [-0.15, -0.1) is 0 Å². The predicted octanol–water partition coefficient (Wildman–Crippen LogP) is 16.9. The fraction of sp³-hybridized carbons (Fsp3) is 0.943. The zero-order valence-corrected chi connectivity index (χ0v) is 40.4. The van der Waals surface area contributed by atoms with Crippen LogP contribution in [-0.2, 0) is 28.6 Å². The number of carbonyl (C=O) groups excluding carboxylic acids is 3. The molecule has 6 nitrogen and oxygen atoms in total. The van der Waals surface area contributed by atoms with Crippen LogP contribution < -0.4 is 0 Å². The summed E-state index contributed by atoms with van der Waals surface area (Å²) in [7, 11) is 0. The van der Waals surface area contributed by atoms with Gasteiger partial charge in [0.1, 0.15) is 13.2 Å². The van der Waals surface area contributed by atoms with Crippen molar-refractivity contribution in [2.75, 3.05) is 13.2 Å². The Balaban J connectivity index is 4.28. The van der Waals surface area contributed by atoms with Gasteiger partial charge in [-0.05, 0) is 31.1 Å². The summed E-state index contributed by atoms with van der Waals surface area (Å²) in [5, 5.41) is 0. The van der Waals surface area contributed by atoms with E-state index in [4.69, 9.17) is 14.2 Å². The molecule has 0 rings (SSSR count). The molecule has 0 radical (unpaired) electrons. The monoisotopic (exact) mass is 835 g/mol. The quantitative estimate of drug-likeness (QED) is 0.0345. The van der Waals surface area contributed by atoms with Crippen molar-refractivity contribution in [3.05, 3.63) is 0 Å². The maximum absolute atomic E-state index is 12.8. The molecule has 0 saturated heterocycles. The molecule has 0 saturated carbocycles. The highest BCUT2D eigenvalue weighted by molar-refractivity contribution is 5.71. The second-order valence-electron chi connectivity index (χ2n) is 19.1. The zero-order chi connectivity index (χ0) is 43.3. The Bertz CT molecular complexity index is 900. The van der Waals surface area contributed by atoms with Crippen LogP contribution in [0, 0.1) is 11.8 Å². The molecule has 0 spiro atoms. The average molecular weight is 835 g/mol. The number of esters is 3. The van der Waals surface area contributed by atoms with Crippen molar-refractivity contribution < 1.29 is 28.6 Å². The van der Waals surface area contributed by atoms with E-state index in [0.29, 0.717) is 19.3 Å². The number of carbonyl (C=O) groups is 3. The number of ether oxygens (including phenoxy) is 3. The van der Waals surface area contributed by atoms with Crippen LogP contribution >= 0.6 is 0 Å². The Morgan fingerprint density at radius 2 is 0.559 bits per heavy atom. The van der Waals surface area contributed by atoms with Crippen molar-refractivity contribution in [1.29, 1.82) is 0 Å². The summed E-state index contributed by atoms with van der Waals surface area (Å²) in [6.07, 6.45) is 46.6. The van der Waals surface area contributed by atoms with Gasteiger partial charge in [0.2, 0.25) is 0 Å². The number of unbranched alkanes of at least 4 members (excludes halogenated alkanes) is 32. The van der Waals surface area contributed by atoms with Crippen LogP contribution in [0.5, 0.6) is 0 Å². The van der Waals surface area contributed by atoms with Gasteiger partial charge in [0.25, 0.3) is 0 Å². The molecule has 1 atom stereocenters. The van der Waals surface area contributed by atoms with E-state index in [0.717, 1.165) is 69.6 Å². The molecule has 0 aromatic heterocycles. The molecule has 0 fully saturated rings. The van der Waals surface area contributed by atoms with Crippen molar-refractivity contribution >= 4 is 17.9 Å². The van der Waals surface area contributed by atoms with E-state index < -0.39 is 6.10 Å². The number of rotatable bonds is 47. The van der Waals surface area contributed by atoms with Gasteiger partial charge in [0.05, 0.1) is 0 Å². The summed E-state index contributed by atoms with van der Waals surface area (Å²) in [6.45, 7) is 11.4. The van der Waals surface area contributed by atoms with E-state index in [2.05, 4.69) is 34.6 Å². The topological polar surface area (TPSA) is 78.9 Å². The molecule has 0 N–H and O–H groups in total. The average Bonchev–Trinajstić information content (AvgIpc) is 3.20. The smallest absolute Gasteiger partial charge is 0.306 e. The van der Waals surface area contributed by atoms with E-state index in [9.17, 15) is 14.4 Å². The van der Waals surface area contributed by atoms with Gasteiger partial charge in [0, 0.05) is 19.3 Å². The van der Waals surface area contributed by atoms with Crippen LogP contribution in [0.4, 0.5) is 0 Å². The van der Waals surface area contributed by atoms with Crippen LogP contribution in [-0.4, -0.2) is 37.2 Å². The molecular weight excluding hydrogens is 733 g/mol. The third kappa shape index (κ3) is 47.3. The molecule has 0 aromatic rings. The molecule has 6 heteroatoms. The largest absolute Gasteiger partial charge is 0.462 e. The molecule has 0 aliphatic carbocycles. The molecular formula is C53H102O6. The second kappa shape index (κ2) is 45.9. The Labute approximate surface area is 368 Å². The van der Waals surface area contributed by atoms with Crippen LogP contribution in [0.3, 0.4) is 0 Å². The summed E-state index contributed by atoms with van der Waals surface area (Å²) in [4.78, 5) is 37.9.